The lowest BCUT2D eigenvalue weighted by atomic mass is 9.88. The first-order chi connectivity index (χ1) is 15.9. The molecule has 0 aliphatic carbocycles. The first-order valence-electron chi connectivity index (χ1n) is 11.4. The number of nitrogens with one attached hydrogen (secondary N) is 1. The van der Waals surface area contributed by atoms with Crippen LogP contribution in [0.2, 0.25) is 0 Å². The Bertz CT molecular complexity index is 1040. The Kier molecular flexibility index (Phi) is 5.89. The van der Waals surface area contributed by atoms with E-state index in [9.17, 15) is 18.4 Å². The number of nitriles is 1. The molecule has 2 atom stereocenters. The minimum absolute atomic E-state index is 0.115. The number of hydrogen-bond acceptors (Lipinski definition) is 7. The van der Waals surface area contributed by atoms with Crippen molar-refractivity contribution in [2.45, 2.75) is 24.6 Å². The van der Waals surface area contributed by atoms with Gasteiger partial charge in [0.1, 0.15) is 17.1 Å². The number of morpholine rings is 1. The van der Waals surface area contributed by atoms with E-state index < -0.39 is 18.0 Å². The quantitative estimate of drug-likeness (QED) is 0.755. The van der Waals surface area contributed by atoms with E-state index in [1.54, 1.807) is 17.0 Å². The van der Waals surface area contributed by atoms with Crippen molar-refractivity contribution in [2.75, 3.05) is 57.3 Å². The summed E-state index contributed by atoms with van der Waals surface area (Å²) in [6, 6.07) is 5.40. The van der Waals surface area contributed by atoms with Gasteiger partial charge < -0.3 is 19.9 Å². The Morgan fingerprint density at radius 1 is 1.15 bits per heavy atom. The zero-order valence-electron chi connectivity index (χ0n) is 18.3. The van der Waals surface area contributed by atoms with E-state index in [0.717, 1.165) is 39.0 Å². The van der Waals surface area contributed by atoms with Gasteiger partial charge in [-0.15, -0.1) is 0 Å². The van der Waals surface area contributed by atoms with Crippen LogP contribution < -0.4 is 10.2 Å². The molecule has 2 aromatic rings. The maximum atomic E-state index is 14.0. The summed E-state index contributed by atoms with van der Waals surface area (Å²) < 4.78 is 48.1. The highest BCUT2D eigenvalue weighted by molar-refractivity contribution is 5.92. The van der Waals surface area contributed by atoms with Gasteiger partial charge in [-0.25, -0.2) is 0 Å². The zero-order valence-corrected chi connectivity index (χ0v) is 18.3. The van der Waals surface area contributed by atoms with E-state index >= 15 is 0 Å². The fourth-order valence-corrected chi connectivity index (χ4v) is 5.51. The molecule has 3 aliphatic rings. The molecule has 0 saturated carbocycles. The predicted octanol–water partition coefficient (Wildman–Crippen LogP) is 2.57. The molecule has 1 spiro atoms. The number of hydrogen-bond donors (Lipinski definition) is 1. The molecule has 1 aromatic carbocycles. The fraction of sp³-hybridized carbons (Fsp3) is 0.609. The van der Waals surface area contributed by atoms with Gasteiger partial charge in [0.05, 0.1) is 29.4 Å². The van der Waals surface area contributed by atoms with Crippen LogP contribution >= 0.6 is 0 Å². The number of nitrogens with zero attached hydrogens (tertiary/aromatic N) is 5. The zero-order chi connectivity index (χ0) is 23.1. The Morgan fingerprint density at radius 3 is 2.58 bits per heavy atom. The summed E-state index contributed by atoms with van der Waals surface area (Å²) >= 11 is 0. The van der Waals surface area contributed by atoms with Crippen LogP contribution in [-0.4, -0.2) is 79.1 Å². The molecule has 1 N–H and O–H groups in total. The molecule has 1 aromatic heterocycles. The molecule has 176 valence electrons. The maximum absolute atomic E-state index is 14.0. The summed E-state index contributed by atoms with van der Waals surface area (Å²) in [5.74, 6) is -1.95. The Balaban J connectivity index is 1.34. The van der Waals surface area contributed by atoms with Crippen LogP contribution in [-0.2, 0) is 4.74 Å². The molecule has 10 heteroatoms. The number of anilines is 1. The SMILES string of the molecule is N#Cc1ccc(N2C[C@H](CN3CCC4(CC3)CNCCO4)[C@@H](C(F)(F)F)C2)c2nccnc12. The summed E-state index contributed by atoms with van der Waals surface area (Å²) in [5, 5.41) is 12.7. The molecule has 33 heavy (non-hydrogen) atoms. The maximum Gasteiger partial charge on any atom is 0.393 e. The van der Waals surface area contributed by atoms with Crippen LogP contribution in [0.3, 0.4) is 0 Å². The summed E-state index contributed by atoms with van der Waals surface area (Å²) in [5.41, 5.74) is 1.70. The van der Waals surface area contributed by atoms with Gasteiger partial charge in [0.2, 0.25) is 0 Å². The molecule has 3 aliphatic heterocycles. The molecule has 0 radical (unpaired) electrons. The van der Waals surface area contributed by atoms with E-state index in [1.165, 1.54) is 12.4 Å². The van der Waals surface area contributed by atoms with E-state index in [0.29, 0.717) is 42.0 Å². The number of likely N-dealkylation sites (tertiary alicyclic amines) is 1. The molecule has 5 rings (SSSR count). The van der Waals surface area contributed by atoms with Gasteiger partial charge in [-0.1, -0.05) is 0 Å². The standard InChI is InChI=1S/C23H27F3N6O/c24-23(25,26)18-14-32(19-2-1-16(11-27)20-21(19)30-6-5-29-20)13-17(18)12-31-8-3-22(4-9-31)15-28-7-10-33-22/h1-2,5-6,17-18,28H,3-4,7-10,12-15H2/t17-,18-/m0/s1. The number of ether oxygens (including phenoxy) is 1. The average molecular weight is 461 g/mol. The van der Waals surface area contributed by atoms with Crippen LogP contribution in [0, 0.1) is 23.2 Å². The van der Waals surface area contributed by atoms with Crippen LogP contribution in [0.5, 0.6) is 0 Å². The monoisotopic (exact) mass is 460 g/mol. The summed E-state index contributed by atoms with van der Waals surface area (Å²) in [4.78, 5) is 12.5. The highest BCUT2D eigenvalue weighted by Gasteiger charge is 2.50. The number of piperidine rings is 1. The van der Waals surface area contributed by atoms with E-state index in [4.69, 9.17) is 4.74 Å². The third-order valence-electron chi connectivity index (χ3n) is 7.32. The van der Waals surface area contributed by atoms with Crippen molar-refractivity contribution in [2.24, 2.45) is 11.8 Å². The number of halogens is 3. The molecule has 3 saturated heterocycles. The van der Waals surface area contributed by atoms with E-state index in [2.05, 4.69) is 26.3 Å². The average Bonchev–Trinajstić information content (AvgIpc) is 3.25. The summed E-state index contributed by atoms with van der Waals surface area (Å²) in [6.45, 7) is 4.43. The van der Waals surface area contributed by atoms with E-state index in [1.807, 2.05) is 0 Å². The second-order valence-corrected chi connectivity index (χ2v) is 9.32. The lowest BCUT2D eigenvalue weighted by Crippen LogP contribution is -2.56. The number of rotatable bonds is 3. The van der Waals surface area contributed by atoms with Gasteiger partial charge >= 0.3 is 6.18 Å². The Hall–Kier alpha value is -2.48. The number of aromatic nitrogens is 2. The topological polar surface area (TPSA) is 77.3 Å². The van der Waals surface area contributed by atoms with Gasteiger partial charge in [-0.05, 0) is 25.0 Å². The van der Waals surface area contributed by atoms with Crippen LogP contribution in [0.1, 0.15) is 18.4 Å². The summed E-state index contributed by atoms with van der Waals surface area (Å²) in [6.07, 6.45) is 0.396. The van der Waals surface area contributed by atoms with Crippen molar-refractivity contribution >= 4 is 16.7 Å². The number of benzene rings is 1. The van der Waals surface area contributed by atoms with Gasteiger partial charge in [0.25, 0.3) is 0 Å². The molecule has 0 unspecified atom stereocenters. The number of fused-ring (bicyclic) bond motifs is 1. The van der Waals surface area contributed by atoms with Crippen molar-refractivity contribution in [3.63, 3.8) is 0 Å². The fourth-order valence-electron chi connectivity index (χ4n) is 5.51. The third kappa shape index (κ3) is 4.37. The Labute approximate surface area is 190 Å². The second-order valence-electron chi connectivity index (χ2n) is 9.32. The largest absolute Gasteiger partial charge is 0.393 e. The van der Waals surface area contributed by atoms with Gasteiger partial charge in [-0.2, -0.15) is 18.4 Å². The van der Waals surface area contributed by atoms with Gasteiger partial charge in [-0.3, -0.25) is 9.97 Å². The van der Waals surface area contributed by atoms with E-state index in [-0.39, 0.29) is 12.1 Å². The van der Waals surface area contributed by atoms with Crippen LogP contribution in [0.4, 0.5) is 18.9 Å². The molecule has 3 fully saturated rings. The third-order valence-corrected chi connectivity index (χ3v) is 7.32. The van der Waals surface area contributed by atoms with Crippen molar-refractivity contribution in [3.05, 3.63) is 30.1 Å². The summed E-state index contributed by atoms with van der Waals surface area (Å²) in [7, 11) is 0. The lowest BCUT2D eigenvalue weighted by Gasteiger charge is -2.44. The molecule has 7 nitrogen and oxygen atoms in total. The molecule has 4 heterocycles. The molecular weight excluding hydrogens is 433 g/mol. The highest BCUT2D eigenvalue weighted by Crippen LogP contribution is 2.41. The second kappa shape index (κ2) is 8.70. The van der Waals surface area contributed by atoms with Crippen molar-refractivity contribution in [1.29, 1.82) is 5.26 Å². The highest BCUT2D eigenvalue weighted by atomic mass is 19.4. The minimum atomic E-state index is -4.28. The van der Waals surface area contributed by atoms with Crippen LogP contribution in [0.25, 0.3) is 11.0 Å². The van der Waals surface area contributed by atoms with Gasteiger partial charge in [0.15, 0.2) is 0 Å². The number of alkyl halides is 3. The smallest absolute Gasteiger partial charge is 0.372 e. The molecule has 0 bridgehead atoms. The predicted molar refractivity (Wildman–Crippen MR) is 117 cm³/mol. The molecular formula is C23H27F3N6O. The van der Waals surface area contributed by atoms with Gasteiger partial charge in [0, 0.05) is 64.1 Å². The first kappa shape index (κ1) is 22.3. The first-order valence-corrected chi connectivity index (χ1v) is 11.4. The normalized spacial score (nSPS) is 26.1. The Morgan fingerprint density at radius 2 is 1.91 bits per heavy atom. The van der Waals surface area contributed by atoms with Crippen molar-refractivity contribution in [1.82, 2.24) is 20.2 Å². The minimum Gasteiger partial charge on any atom is -0.372 e. The molecule has 0 amide bonds. The lowest BCUT2D eigenvalue weighted by molar-refractivity contribution is -0.181. The van der Waals surface area contributed by atoms with Crippen molar-refractivity contribution < 1.29 is 17.9 Å². The van der Waals surface area contributed by atoms with Crippen molar-refractivity contribution in [3.8, 4) is 6.07 Å². The van der Waals surface area contributed by atoms with Crippen LogP contribution in [0.15, 0.2) is 24.5 Å².